The average molecular weight is 354 g/mol. The molecule has 1 N–H and O–H groups in total. The number of nitrogens with zero attached hydrogens (tertiary/aromatic N) is 1. The molecule has 0 bridgehead atoms. The van der Waals surface area contributed by atoms with Gasteiger partial charge in [0, 0.05) is 11.7 Å². The molecule has 26 heavy (non-hydrogen) atoms. The number of rotatable bonds is 6. The van der Waals surface area contributed by atoms with Crippen molar-refractivity contribution in [3.63, 3.8) is 0 Å². The van der Waals surface area contributed by atoms with Gasteiger partial charge in [-0.2, -0.15) is 0 Å². The summed E-state index contributed by atoms with van der Waals surface area (Å²) in [4.78, 5) is 14.9. The first-order valence-electron chi connectivity index (χ1n) is 9.05. The highest BCUT2D eigenvalue weighted by Crippen LogP contribution is 2.37. The normalized spacial score (nSPS) is 16.3. The molecule has 138 valence electrons. The van der Waals surface area contributed by atoms with E-state index < -0.39 is 0 Å². The molecule has 0 aromatic heterocycles. The number of benzene rings is 2. The van der Waals surface area contributed by atoms with E-state index >= 15 is 0 Å². The predicted molar refractivity (Wildman–Crippen MR) is 103 cm³/mol. The van der Waals surface area contributed by atoms with Crippen LogP contribution in [0.2, 0.25) is 0 Å². The number of hydrogen-bond donors (Lipinski definition) is 1. The lowest BCUT2D eigenvalue weighted by Gasteiger charge is -2.40. The fourth-order valence-corrected chi connectivity index (χ4v) is 3.23. The fourth-order valence-electron chi connectivity index (χ4n) is 3.23. The summed E-state index contributed by atoms with van der Waals surface area (Å²) in [6, 6.07) is 13.5. The number of nitrogens with one attached hydrogen (secondary N) is 1. The molecule has 0 aliphatic carbocycles. The van der Waals surface area contributed by atoms with Crippen molar-refractivity contribution < 1.29 is 14.3 Å². The molecule has 0 fully saturated rings. The summed E-state index contributed by atoms with van der Waals surface area (Å²) in [5.74, 6) is 1.43. The van der Waals surface area contributed by atoms with E-state index in [0.717, 1.165) is 23.4 Å². The summed E-state index contributed by atoms with van der Waals surface area (Å²) in [6.45, 7) is 6.75. The zero-order valence-electron chi connectivity index (χ0n) is 15.8. The molecule has 0 saturated carbocycles. The predicted octanol–water partition coefficient (Wildman–Crippen LogP) is 4.46. The highest BCUT2D eigenvalue weighted by molar-refractivity contribution is 6.01. The Morgan fingerprint density at radius 3 is 2.62 bits per heavy atom. The molecule has 0 radical (unpaired) electrons. The van der Waals surface area contributed by atoms with Crippen molar-refractivity contribution in [2.24, 2.45) is 0 Å². The molecule has 5 nitrogen and oxygen atoms in total. The molecule has 1 aliphatic heterocycles. The second-order valence-electron chi connectivity index (χ2n) is 6.66. The lowest BCUT2D eigenvalue weighted by Crippen LogP contribution is -2.46. The number of carbonyl (C=O) groups excluding carboxylic acids is 1. The Morgan fingerprint density at radius 1 is 1.15 bits per heavy atom. The van der Waals surface area contributed by atoms with E-state index in [-0.39, 0.29) is 18.1 Å². The summed E-state index contributed by atoms with van der Waals surface area (Å²) in [7, 11) is 1.63. The smallest absolute Gasteiger partial charge is 0.258 e. The van der Waals surface area contributed by atoms with Crippen molar-refractivity contribution in [1.82, 2.24) is 4.90 Å². The van der Waals surface area contributed by atoms with Crippen LogP contribution in [0.1, 0.15) is 49.3 Å². The number of ether oxygens (including phenoxy) is 2. The summed E-state index contributed by atoms with van der Waals surface area (Å²) >= 11 is 0. The molecule has 1 amide bonds. The van der Waals surface area contributed by atoms with Crippen molar-refractivity contribution in [1.29, 1.82) is 0 Å². The minimum absolute atomic E-state index is 0.0321. The van der Waals surface area contributed by atoms with Crippen LogP contribution in [-0.2, 0) is 0 Å². The summed E-state index contributed by atoms with van der Waals surface area (Å²) in [5.41, 5.74) is 2.51. The van der Waals surface area contributed by atoms with Crippen LogP contribution in [0.3, 0.4) is 0 Å². The van der Waals surface area contributed by atoms with Crippen molar-refractivity contribution in [3.8, 4) is 11.5 Å². The fraction of sp³-hybridized carbons (Fsp3) is 0.381. The monoisotopic (exact) mass is 354 g/mol. The van der Waals surface area contributed by atoms with Crippen LogP contribution >= 0.6 is 0 Å². The number of fused-ring (bicyclic) bond motifs is 1. The van der Waals surface area contributed by atoms with Crippen molar-refractivity contribution in [2.75, 3.05) is 19.0 Å². The minimum Gasteiger partial charge on any atom is -0.493 e. The van der Waals surface area contributed by atoms with E-state index in [0.29, 0.717) is 17.9 Å². The van der Waals surface area contributed by atoms with Gasteiger partial charge in [0.05, 0.1) is 19.3 Å². The quantitative estimate of drug-likeness (QED) is 0.832. The number of hydrogen-bond acceptors (Lipinski definition) is 4. The Hall–Kier alpha value is -2.69. The molecule has 3 rings (SSSR count). The van der Waals surface area contributed by atoms with E-state index in [1.807, 2.05) is 61.2 Å². The number of methoxy groups -OCH3 is 1. The zero-order chi connectivity index (χ0) is 18.7. The lowest BCUT2D eigenvalue weighted by atomic mass is 10.0. The lowest BCUT2D eigenvalue weighted by molar-refractivity contribution is 0.0616. The third kappa shape index (κ3) is 3.34. The van der Waals surface area contributed by atoms with Gasteiger partial charge in [-0.1, -0.05) is 25.1 Å². The molecule has 2 aromatic rings. The van der Waals surface area contributed by atoms with Crippen LogP contribution in [0.5, 0.6) is 11.5 Å². The highest BCUT2D eigenvalue weighted by Gasteiger charge is 2.34. The van der Waals surface area contributed by atoms with E-state index in [9.17, 15) is 4.79 Å². The first-order chi connectivity index (χ1) is 12.6. The van der Waals surface area contributed by atoms with Crippen LogP contribution < -0.4 is 14.8 Å². The molecule has 2 aromatic carbocycles. The average Bonchev–Trinajstić information content (AvgIpc) is 2.65. The largest absolute Gasteiger partial charge is 0.493 e. The number of amides is 1. The van der Waals surface area contributed by atoms with E-state index in [1.54, 1.807) is 7.11 Å². The maximum absolute atomic E-state index is 13.0. The Kier molecular flexibility index (Phi) is 5.35. The molecular weight excluding hydrogens is 328 g/mol. The van der Waals surface area contributed by atoms with E-state index in [1.165, 1.54) is 0 Å². The van der Waals surface area contributed by atoms with Crippen LogP contribution in [0, 0.1) is 0 Å². The van der Waals surface area contributed by atoms with Crippen LogP contribution in [0.4, 0.5) is 5.69 Å². The van der Waals surface area contributed by atoms with Gasteiger partial charge in [-0.15, -0.1) is 0 Å². The Labute approximate surface area is 154 Å². The molecule has 5 heteroatoms. The second kappa shape index (κ2) is 7.68. The first-order valence-corrected chi connectivity index (χ1v) is 9.05. The topological polar surface area (TPSA) is 50.8 Å². The maximum atomic E-state index is 13.0. The van der Waals surface area contributed by atoms with Gasteiger partial charge in [-0.25, -0.2) is 0 Å². The number of carbonyl (C=O) groups is 1. The molecule has 1 atom stereocenters. The van der Waals surface area contributed by atoms with Crippen LogP contribution in [0.25, 0.3) is 0 Å². The van der Waals surface area contributed by atoms with Gasteiger partial charge in [-0.05, 0) is 50.1 Å². The second-order valence-corrected chi connectivity index (χ2v) is 6.66. The standard InChI is InChI=1S/C21H26N2O3/c1-5-12-26-18-11-10-15(13-19(18)25-4)20-22-17-9-7-6-8-16(17)21(24)23(20)14(2)3/h6-11,13-14,20,22H,5,12H2,1-4H3. The van der Waals surface area contributed by atoms with Crippen molar-refractivity contribution >= 4 is 11.6 Å². The molecule has 0 saturated heterocycles. The maximum Gasteiger partial charge on any atom is 0.258 e. The SMILES string of the molecule is CCCOc1ccc(C2Nc3ccccc3C(=O)N2C(C)C)cc1OC. The third-order valence-electron chi connectivity index (χ3n) is 4.48. The molecule has 1 aliphatic rings. The van der Waals surface area contributed by atoms with Crippen LogP contribution in [-0.4, -0.2) is 30.6 Å². The number of para-hydroxylation sites is 1. The van der Waals surface area contributed by atoms with Gasteiger partial charge in [0.1, 0.15) is 6.17 Å². The molecular formula is C21H26N2O3. The first kappa shape index (κ1) is 18.1. The zero-order valence-corrected chi connectivity index (χ0v) is 15.8. The summed E-state index contributed by atoms with van der Waals surface area (Å²) in [5, 5.41) is 3.50. The van der Waals surface area contributed by atoms with E-state index in [4.69, 9.17) is 9.47 Å². The summed E-state index contributed by atoms with van der Waals surface area (Å²) < 4.78 is 11.3. The van der Waals surface area contributed by atoms with Gasteiger partial charge in [0.25, 0.3) is 5.91 Å². The van der Waals surface area contributed by atoms with Gasteiger partial charge in [0.15, 0.2) is 11.5 Å². The Morgan fingerprint density at radius 2 is 1.92 bits per heavy atom. The van der Waals surface area contributed by atoms with Gasteiger partial charge >= 0.3 is 0 Å². The highest BCUT2D eigenvalue weighted by atomic mass is 16.5. The molecule has 1 unspecified atom stereocenters. The third-order valence-corrected chi connectivity index (χ3v) is 4.48. The van der Waals surface area contributed by atoms with Crippen molar-refractivity contribution in [3.05, 3.63) is 53.6 Å². The Balaban J connectivity index is 2.00. The minimum atomic E-state index is -0.258. The van der Waals surface area contributed by atoms with Crippen LogP contribution in [0.15, 0.2) is 42.5 Å². The Bertz CT molecular complexity index is 789. The molecule has 1 heterocycles. The summed E-state index contributed by atoms with van der Waals surface area (Å²) in [6.07, 6.45) is 0.674. The van der Waals surface area contributed by atoms with Gasteiger partial charge < -0.3 is 19.7 Å². The number of anilines is 1. The van der Waals surface area contributed by atoms with E-state index in [2.05, 4.69) is 12.2 Å². The van der Waals surface area contributed by atoms with Crippen molar-refractivity contribution in [2.45, 2.75) is 39.4 Å². The van der Waals surface area contributed by atoms with Gasteiger partial charge in [0.2, 0.25) is 0 Å². The molecule has 0 spiro atoms. The van der Waals surface area contributed by atoms with Gasteiger partial charge in [-0.3, -0.25) is 4.79 Å².